The van der Waals surface area contributed by atoms with E-state index in [0.29, 0.717) is 5.02 Å². The number of para-hydroxylation sites is 1. The normalized spacial score (nSPS) is 10.7. The summed E-state index contributed by atoms with van der Waals surface area (Å²) in [6, 6.07) is 15.4. The van der Waals surface area contributed by atoms with Crippen molar-refractivity contribution in [1.82, 2.24) is 4.98 Å². The van der Waals surface area contributed by atoms with E-state index in [1.807, 2.05) is 48.5 Å². The fourth-order valence-corrected chi connectivity index (χ4v) is 3.40. The van der Waals surface area contributed by atoms with Crippen LogP contribution in [-0.2, 0) is 6.42 Å². The van der Waals surface area contributed by atoms with Gasteiger partial charge in [0.15, 0.2) is 5.13 Å². The van der Waals surface area contributed by atoms with Gasteiger partial charge in [-0.2, -0.15) is 0 Å². The number of aryl methyl sites for hydroxylation is 1. The highest BCUT2D eigenvalue weighted by molar-refractivity contribution is 7.16. The Hall–Kier alpha value is -1.55. The first-order chi connectivity index (χ1) is 10.7. The molecule has 1 heterocycles. The van der Waals surface area contributed by atoms with Crippen LogP contribution in [-0.4, -0.2) is 4.98 Å². The van der Waals surface area contributed by atoms with Crippen LogP contribution in [0.15, 0.2) is 48.5 Å². The van der Waals surface area contributed by atoms with E-state index >= 15 is 0 Å². The lowest BCUT2D eigenvalue weighted by atomic mass is 10.1. The van der Waals surface area contributed by atoms with Crippen molar-refractivity contribution < 1.29 is 0 Å². The molecule has 0 saturated heterocycles. The van der Waals surface area contributed by atoms with Crippen LogP contribution in [0, 0.1) is 0 Å². The Morgan fingerprint density at radius 1 is 1.05 bits per heavy atom. The molecule has 112 valence electrons. The Bertz CT molecular complexity index is 782. The molecule has 0 saturated carbocycles. The van der Waals surface area contributed by atoms with Crippen molar-refractivity contribution in [3.05, 3.63) is 63.5 Å². The number of nitrogens with one attached hydrogen (secondary N) is 1. The zero-order valence-corrected chi connectivity index (χ0v) is 14.3. The predicted molar refractivity (Wildman–Crippen MR) is 96.7 cm³/mol. The zero-order valence-electron chi connectivity index (χ0n) is 11.9. The Morgan fingerprint density at radius 2 is 1.77 bits per heavy atom. The monoisotopic (exact) mass is 348 g/mol. The van der Waals surface area contributed by atoms with Crippen molar-refractivity contribution >= 4 is 45.4 Å². The third-order valence-corrected chi connectivity index (χ3v) is 4.95. The largest absolute Gasteiger partial charge is 0.330 e. The molecule has 1 N–H and O–H groups in total. The number of rotatable bonds is 4. The zero-order chi connectivity index (χ0) is 15.5. The molecular weight excluding hydrogens is 335 g/mol. The first-order valence-corrected chi connectivity index (χ1v) is 8.52. The first-order valence-electron chi connectivity index (χ1n) is 6.94. The molecule has 22 heavy (non-hydrogen) atoms. The molecule has 2 nitrogen and oxygen atoms in total. The maximum Gasteiger partial charge on any atom is 0.188 e. The van der Waals surface area contributed by atoms with E-state index in [1.54, 1.807) is 11.3 Å². The van der Waals surface area contributed by atoms with Crippen molar-refractivity contribution in [2.24, 2.45) is 0 Å². The van der Waals surface area contributed by atoms with Crippen molar-refractivity contribution in [2.45, 2.75) is 13.3 Å². The van der Waals surface area contributed by atoms with Crippen LogP contribution in [0.4, 0.5) is 10.8 Å². The van der Waals surface area contributed by atoms with E-state index in [1.165, 1.54) is 4.88 Å². The van der Waals surface area contributed by atoms with Gasteiger partial charge in [-0.3, -0.25) is 0 Å². The quantitative estimate of drug-likeness (QED) is 0.588. The Morgan fingerprint density at radius 3 is 2.45 bits per heavy atom. The molecule has 2 aromatic carbocycles. The summed E-state index contributed by atoms with van der Waals surface area (Å²) >= 11 is 13.8. The van der Waals surface area contributed by atoms with Crippen molar-refractivity contribution in [2.75, 3.05) is 5.32 Å². The number of thiazole rings is 1. The number of nitrogens with zero attached hydrogens (tertiary/aromatic N) is 1. The van der Waals surface area contributed by atoms with Crippen molar-refractivity contribution in [3.8, 4) is 11.3 Å². The Kier molecular flexibility index (Phi) is 4.67. The van der Waals surface area contributed by atoms with E-state index in [9.17, 15) is 0 Å². The lowest BCUT2D eigenvalue weighted by molar-refractivity contribution is 1.17. The molecule has 0 unspecified atom stereocenters. The molecule has 0 aliphatic rings. The van der Waals surface area contributed by atoms with Gasteiger partial charge < -0.3 is 5.32 Å². The highest BCUT2D eigenvalue weighted by Gasteiger charge is 2.12. The van der Waals surface area contributed by atoms with Gasteiger partial charge in [-0.15, -0.1) is 11.3 Å². The molecule has 0 aliphatic heterocycles. The second-order valence-electron chi connectivity index (χ2n) is 4.76. The molecule has 3 aromatic rings. The van der Waals surface area contributed by atoms with Crippen LogP contribution in [0.2, 0.25) is 10.0 Å². The molecule has 0 aliphatic carbocycles. The molecule has 0 fully saturated rings. The van der Waals surface area contributed by atoms with Gasteiger partial charge in [-0.05, 0) is 30.7 Å². The number of halogens is 2. The van der Waals surface area contributed by atoms with Gasteiger partial charge >= 0.3 is 0 Å². The lowest BCUT2D eigenvalue weighted by Crippen LogP contribution is -1.90. The molecule has 0 bridgehead atoms. The van der Waals surface area contributed by atoms with Gasteiger partial charge in [0.25, 0.3) is 0 Å². The Labute approximate surface area is 143 Å². The molecule has 0 radical (unpaired) electrons. The van der Waals surface area contributed by atoms with Crippen LogP contribution in [0.3, 0.4) is 0 Å². The van der Waals surface area contributed by atoms with E-state index in [4.69, 9.17) is 28.2 Å². The van der Waals surface area contributed by atoms with E-state index in [0.717, 1.165) is 33.5 Å². The second kappa shape index (κ2) is 6.69. The molecule has 3 rings (SSSR count). The molecule has 0 atom stereocenters. The lowest BCUT2D eigenvalue weighted by Gasteiger charge is -2.04. The van der Waals surface area contributed by atoms with Crippen LogP contribution in [0.5, 0.6) is 0 Å². The van der Waals surface area contributed by atoms with Gasteiger partial charge in [-0.1, -0.05) is 54.4 Å². The highest BCUT2D eigenvalue weighted by Crippen LogP contribution is 2.34. The van der Waals surface area contributed by atoms with Gasteiger partial charge in [0.05, 0.1) is 16.4 Å². The van der Waals surface area contributed by atoms with Gasteiger partial charge in [0.1, 0.15) is 0 Å². The van der Waals surface area contributed by atoms with Crippen LogP contribution in [0.1, 0.15) is 11.8 Å². The summed E-state index contributed by atoms with van der Waals surface area (Å²) in [5, 5.41) is 5.55. The molecule has 5 heteroatoms. The van der Waals surface area contributed by atoms with Crippen molar-refractivity contribution in [3.63, 3.8) is 0 Å². The topological polar surface area (TPSA) is 24.9 Å². The minimum Gasteiger partial charge on any atom is -0.330 e. The highest BCUT2D eigenvalue weighted by atomic mass is 35.5. The fourth-order valence-electron chi connectivity index (χ4n) is 2.16. The Balaban J connectivity index is 1.95. The summed E-state index contributed by atoms with van der Waals surface area (Å²) in [4.78, 5) is 5.96. The van der Waals surface area contributed by atoms with Gasteiger partial charge in [-0.25, -0.2) is 4.98 Å². The number of hydrogen-bond acceptors (Lipinski definition) is 3. The molecular formula is C17H14Cl2N2S. The summed E-state index contributed by atoms with van der Waals surface area (Å²) in [6.45, 7) is 2.13. The SMILES string of the molecule is CCc1sc(Nc2ccccc2Cl)nc1-c1ccc(Cl)cc1. The van der Waals surface area contributed by atoms with Crippen LogP contribution < -0.4 is 5.32 Å². The fraction of sp³-hybridized carbons (Fsp3) is 0.118. The third kappa shape index (κ3) is 3.27. The summed E-state index contributed by atoms with van der Waals surface area (Å²) in [5.41, 5.74) is 2.94. The molecule has 1 aromatic heterocycles. The maximum absolute atomic E-state index is 6.19. The van der Waals surface area contributed by atoms with Crippen molar-refractivity contribution in [1.29, 1.82) is 0 Å². The van der Waals surface area contributed by atoms with Gasteiger partial charge in [0, 0.05) is 15.5 Å². The minimum absolute atomic E-state index is 0.684. The second-order valence-corrected chi connectivity index (χ2v) is 6.68. The number of aromatic nitrogens is 1. The number of benzene rings is 2. The molecule has 0 spiro atoms. The third-order valence-electron chi connectivity index (χ3n) is 3.25. The minimum atomic E-state index is 0.684. The average molecular weight is 349 g/mol. The maximum atomic E-state index is 6.19. The summed E-state index contributed by atoms with van der Waals surface area (Å²) in [5.74, 6) is 0. The summed E-state index contributed by atoms with van der Waals surface area (Å²) in [7, 11) is 0. The smallest absolute Gasteiger partial charge is 0.188 e. The van der Waals surface area contributed by atoms with Gasteiger partial charge in [0.2, 0.25) is 0 Å². The standard InChI is InChI=1S/C17H14Cl2N2S/c1-2-15-16(11-7-9-12(18)10-8-11)21-17(22-15)20-14-6-4-3-5-13(14)19/h3-10H,2H2,1H3,(H,20,21). The van der Waals surface area contributed by atoms with E-state index in [-0.39, 0.29) is 0 Å². The predicted octanol–water partition coefficient (Wildman–Crippen LogP) is 6.42. The van der Waals surface area contributed by atoms with Crippen LogP contribution >= 0.6 is 34.5 Å². The molecule has 0 amide bonds. The van der Waals surface area contributed by atoms with Crippen LogP contribution in [0.25, 0.3) is 11.3 Å². The number of hydrogen-bond donors (Lipinski definition) is 1. The first kappa shape index (κ1) is 15.3. The van der Waals surface area contributed by atoms with E-state index in [2.05, 4.69) is 12.2 Å². The summed E-state index contributed by atoms with van der Waals surface area (Å²) in [6.07, 6.45) is 0.930. The summed E-state index contributed by atoms with van der Waals surface area (Å²) < 4.78 is 0. The average Bonchev–Trinajstić information content (AvgIpc) is 2.93. The number of anilines is 2. The van der Waals surface area contributed by atoms with E-state index < -0.39 is 0 Å².